The van der Waals surface area contributed by atoms with Gasteiger partial charge in [0.15, 0.2) is 17.5 Å². The van der Waals surface area contributed by atoms with E-state index in [1.807, 2.05) is 0 Å². The Morgan fingerprint density at radius 2 is 0.982 bits per heavy atom. The Morgan fingerprint density at radius 1 is 0.473 bits per heavy atom. The van der Waals surface area contributed by atoms with Crippen molar-refractivity contribution in [2.75, 3.05) is 0 Å². The fourth-order valence-electron chi connectivity index (χ4n) is 6.64. The van der Waals surface area contributed by atoms with Crippen molar-refractivity contribution in [2.45, 2.75) is 12.4 Å². The second-order valence-electron chi connectivity index (χ2n) is 12.5. The molecular weight excluding hydrogens is 715 g/mol. The van der Waals surface area contributed by atoms with Crippen molar-refractivity contribution in [2.24, 2.45) is 0 Å². The first-order chi connectivity index (χ1) is 26.4. The van der Waals surface area contributed by atoms with E-state index in [0.717, 1.165) is 6.07 Å². The van der Waals surface area contributed by atoms with Crippen LogP contribution >= 0.6 is 0 Å². The number of fused-ring (bicyclic) bond motifs is 3. The molecule has 8 rings (SSSR count). The number of benzene rings is 6. The van der Waals surface area contributed by atoms with Gasteiger partial charge in [-0.3, -0.25) is 0 Å². The first-order valence-corrected chi connectivity index (χ1v) is 16.6. The van der Waals surface area contributed by atoms with Gasteiger partial charge in [0.25, 0.3) is 0 Å². The molecule has 0 aliphatic rings. The predicted octanol–water partition coefficient (Wildman–Crippen LogP) is 11.4. The number of hydrogen-bond donors (Lipinski definition) is 0. The fraction of sp³-hybridized carbons (Fsp3) is 0.0465. The van der Waals surface area contributed by atoms with E-state index >= 15 is 0 Å². The first-order valence-electron chi connectivity index (χ1n) is 16.6. The van der Waals surface area contributed by atoms with Gasteiger partial charge in [0.1, 0.15) is 0 Å². The van der Waals surface area contributed by atoms with Gasteiger partial charge in [0, 0.05) is 33.2 Å². The van der Waals surface area contributed by atoms with Crippen LogP contribution < -0.4 is 0 Å². The van der Waals surface area contributed by atoms with E-state index < -0.39 is 29.0 Å². The Labute approximate surface area is 308 Å². The minimum Gasteiger partial charge on any atom is -0.309 e. The number of halogens is 6. The van der Waals surface area contributed by atoms with Crippen LogP contribution in [0.4, 0.5) is 26.3 Å². The van der Waals surface area contributed by atoms with Gasteiger partial charge in [-0.05, 0) is 65.7 Å². The lowest BCUT2D eigenvalue weighted by molar-refractivity contribution is -0.142. The summed E-state index contributed by atoms with van der Waals surface area (Å²) in [6.45, 7) is 0. The van der Waals surface area contributed by atoms with E-state index in [2.05, 4.69) is 17.1 Å². The Balaban J connectivity index is 1.48. The highest BCUT2D eigenvalue weighted by Crippen LogP contribution is 2.45. The summed E-state index contributed by atoms with van der Waals surface area (Å²) in [5, 5.41) is 20.9. The number of nitriles is 2. The van der Waals surface area contributed by atoms with Gasteiger partial charge in [-0.25, -0.2) is 15.0 Å². The molecule has 55 heavy (non-hydrogen) atoms. The zero-order chi connectivity index (χ0) is 38.5. The summed E-state index contributed by atoms with van der Waals surface area (Å²) in [5.74, 6) is 0.417. The largest absolute Gasteiger partial charge is 0.417 e. The molecule has 0 saturated heterocycles. The van der Waals surface area contributed by atoms with Crippen LogP contribution in [0.1, 0.15) is 22.3 Å². The van der Waals surface area contributed by atoms with Gasteiger partial charge in [-0.1, -0.05) is 78.9 Å². The smallest absolute Gasteiger partial charge is 0.309 e. The number of hydrogen-bond acceptors (Lipinski definition) is 5. The van der Waals surface area contributed by atoms with Gasteiger partial charge in [-0.15, -0.1) is 0 Å². The monoisotopic (exact) mass is 736 g/mol. The summed E-state index contributed by atoms with van der Waals surface area (Å²) in [4.78, 5) is 14.1. The topological polar surface area (TPSA) is 91.2 Å². The molecule has 0 aliphatic carbocycles. The van der Waals surface area contributed by atoms with Crippen LogP contribution in [0.25, 0.3) is 72.8 Å². The molecule has 0 bridgehead atoms. The summed E-state index contributed by atoms with van der Waals surface area (Å²) in [5.41, 5.74) is -0.407. The molecule has 6 aromatic carbocycles. The number of nitrogens with zero attached hydrogens (tertiary/aromatic N) is 6. The molecule has 0 fully saturated rings. The van der Waals surface area contributed by atoms with Crippen molar-refractivity contribution < 1.29 is 26.3 Å². The summed E-state index contributed by atoms with van der Waals surface area (Å²) in [7, 11) is 0. The molecule has 0 atom stereocenters. The third-order valence-electron chi connectivity index (χ3n) is 9.17. The van der Waals surface area contributed by atoms with E-state index in [1.54, 1.807) is 108 Å². The highest BCUT2D eigenvalue weighted by atomic mass is 19.4. The molecular formula is C43H22F6N6. The maximum atomic E-state index is 14.9. The van der Waals surface area contributed by atoms with Crippen molar-refractivity contribution in [3.63, 3.8) is 0 Å². The molecule has 0 radical (unpaired) electrons. The van der Waals surface area contributed by atoms with E-state index in [1.165, 1.54) is 12.1 Å². The molecule has 2 aromatic heterocycles. The second kappa shape index (κ2) is 13.3. The van der Waals surface area contributed by atoms with E-state index in [-0.39, 0.29) is 34.7 Å². The first kappa shape index (κ1) is 34.8. The lowest BCUT2D eigenvalue weighted by Crippen LogP contribution is -2.12. The van der Waals surface area contributed by atoms with Crippen LogP contribution in [-0.2, 0) is 12.4 Å². The zero-order valence-electron chi connectivity index (χ0n) is 28.2. The van der Waals surface area contributed by atoms with Crippen molar-refractivity contribution in [3.05, 3.63) is 156 Å². The highest BCUT2D eigenvalue weighted by molar-refractivity contribution is 6.10. The zero-order valence-corrected chi connectivity index (χ0v) is 28.2. The lowest BCUT2D eigenvalue weighted by Gasteiger charge is -2.20. The molecule has 0 saturated carbocycles. The molecule has 0 N–H and O–H groups in total. The summed E-state index contributed by atoms with van der Waals surface area (Å²) < 4.78 is 88.0. The van der Waals surface area contributed by atoms with E-state index in [0.29, 0.717) is 55.8 Å². The molecule has 0 unspecified atom stereocenters. The minimum atomic E-state index is -5.20. The Morgan fingerprint density at radius 3 is 1.47 bits per heavy atom. The fourth-order valence-corrected chi connectivity index (χ4v) is 6.64. The van der Waals surface area contributed by atoms with Crippen LogP contribution in [0.3, 0.4) is 0 Å². The molecule has 0 spiro atoms. The Kier molecular flexibility index (Phi) is 8.39. The van der Waals surface area contributed by atoms with Crippen molar-refractivity contribution >= 4 is 21.8 Å². The molecule has 12 heteroatoms. The number of aromatic nitrogens is 4. The summed E-state index contributed by atoms with van der Waals surface area (Å²) in [6.07, 6.45) is -10.3. The standard InChI is InChI=1S/C43H22F6N6/c44-42(45,46)29-13-17-31(36(21-29)43(47,48)49)35-22-30(55-37-19-25(23-50)11-15-32(37)33-16-12-26(24-51)20-38(33)55)14-18-34(35)41-53-39(27-7-3-1-4-8-27)52-40(54-41)28-9-5-2-6-10-28/h1-22H. The van der Waals surface area contributed by atoms with Gasteiger partial charge < -0.3 is 4.57 Å². The number of rotatable bonds is 5. The highest BCUT2D eigenvalue weighted by Gasteiger charge is 2.39. The van der Waals surface area contributed by atoms with Crippen LogP contribution in [0.5, 0.6) is 0 Å². The second-order valence-corrected chi connectivity index (χ2v) is 12.5. The molecule has 2 heterocycles. The van der Waals surface area contributed by atoms with Gasteiger partial charge in [0.05, 0.1) is 45.4 Å². The quantitative estimate of drug-likeness (QED) is 0.164. The van der Waals surface area contributed by atoms with Crippen LogP contribution in [-0.4, -0.2) is 19.5 Å². The Bertz CT molecular complexity index is 2740. The Hall–Kier alpha value is -7.31. The van der Waals surface area contributed by atoms with Crippen molar-refractivity contribution in [1.29, 1.82) is 10.5 Å². The number of alkyl halides is 6. The summed E-state index contributed by atoms with van der Waals surface area (Å²) >= 11 is 0. The van der Waals surface area contributed by atoms with Gasteiger partial charge in [0.2, 0.25) is 0 Å². The third-order valence-corrected chi connectivity index (χ3v) is 9.17. The third kappa shape index (κ3) is 6.40. The maximum Gasteiger partial charge on any atom is 0.417 e. The van der Waals surface area contributed by atoms with E-state index in [9.17, 15) is 36.9 Å². The molecule has 0 amide bonds. The minimum absolute atomic E-state index is 0.0250. The van der Waals surface area contributed by atoms with Gasteiger partial charge >= 0.3 is 12.4 Å². The average molecular weight is 737 g/mol. The molecule has 0 aliphatic heterocycles. The predicted molar refractivity (Wildman–Crippen MR) is 195 cm³/mol. The van der Waals surface area contributed by atoms with E-state index in [4.69, 9.17) is 9.97 Å². The summed E-state index contributed by atoms with van der Waals surface area (Å²) in [6, 6.07) is 38.1. The van der Waals surface area contributed by atoms with Crippen LogP contribution in [0.15, 0.2) is 133 Å². The molecule has 8 aromatic rings. The normalized spacial score (nSPS) is 11.8. The van der Waals surface area contributed by atoms with Crippen LogP contribution in [0, 0.1) is 22.7 Å². The molecule has 6 nitrogen and oxygen atoms in total. The average Bonchev–Trinajstić information content (AvgIpc) is 3.52. The SMILES string of the molecule is N#Cc1ccc2c3ccc(C#N)cc3n(-c3ccc(-c4nc(-c5ccccc5)nc(-c5ccccc5)n4)c(-c4ccc(C(F)(F)F)cc4C(F)(F)F)c3)c2c1. The maximum absolute atomic E-state index is 14.9. The van der Waals surface area contributed by atoms with Crippen molar-refractivity contribution in [3.8, 4) is 63.1 Å². The van der Waals surface area contributed by atoms with Crippen molar-refractivity contribution in [1.82, 2.24) is 19.5 Å². The molecule has 266 valence electrons. The lowest BCUT2D eigenvalue weighted by atomic mass is 9.92. The van der Waals surface area contributed by atoms with Crippen LogP contribution in [0.2, 0.25) is 0 Å². The van der Waals surface area contributed by atoms with Gasteiger partial charge in [-0.2, -0.15) is 36.9 Å².